The van der Waals surface area contributed by atoms with E-state index in [1.165, 1.54) is 6.21 Å². The number of para-hydroxylation sites is 1. The van der Waals surface area contributed by atoms with Crippen molar-refractivity contribution in [2.24, 2.45) is 0 Å². The number of carbonyl (C=O) groups excluding carboxylic acids is 2. The normalized spacial score (nSPS) is 13.8. The van der Waals surface area contributed by atoms with Gasteiger partial charge in [0.15, 0.2) is 12.0 Å². The fourth-order valence-corrected chi connectivity index (χ4v) is 4.69. The Bertz CT molecular complexity index is 1660. The van der Waals surface area contributed by atoms with Crippen LogP contribution in [0.2, 0.25) is 0 Å². The van der Waals surface area contributed by atoms with E-state index in [1.54, 1.807) is 26.8 Å². The molecule has 1 aromatic heterocycles. The Hall–Kier alpha value is -5.03. The molecule has 5 N–H and O–H groups in total. The zero-order valence-corrected chi connectivity index (χ0v) is 24.8. The Morgan fingerprint density at radius 1 is 0.907 bits per heavy atom. The number of anilines is 4. The average molecular weight is 582 g/mol. The van der Waals surface area contributed by atoms with E-state index in [0.29, 0.717) is 41.7 Å². The number of amides is 3. The number of nitrogens with zero attached hydrogens (tertiary/aromatic N) is 4. The minimum absolute atomic E-state index is 0.121. The lowest BCUT2D eigenvalue weighted by Crippen LogP contribution is -2.48. The van der Waals surface area contributed by atoms with Crippen molar-refractivity contribution in [1.29, 1.82) is 0 Å². The van der Waals surface area contributed by atoms with Crippen molar-refractivity contribution in [3.63, 3.8) is 0 Å². The number of likely N-dealkylation sites (N-methyl/N-ethyl adjacent to an activating group) is 1. The van der Waals surface area contributed by atoms with Gasteiger partial charge >= 0.3 is 12.1 Å². The predicted octanol–water partition coefficient (Wildman–Crippen LogP) is 4.34. The highest BCUT2D eigenvalue weighted by atomic mass is 16.6. The summed E-state index contributed by atoms with van der Waals surface area (Å²) in [6.45, 7) is 8.48. The molecule has 3 aromatic carbocycles. The van der Waals surface area contributed by atoms with Crippen LogP contribution < -0.4 is 21.4 Å². The summed E-state index contributed by atoms with van der Waals surface area (Å²) < 4.78 is 5.37. The van der Waals surface area contributed by atoms with Crippen molar-refractivity contribution in [1.82, 2.24) is 19.8 Å². The van der Waals surface area contributed by atoms with Gasteiger partial charge in [0.1, 0.15) is 11.4 Å². The smallest absolute Gasteiger partial charge is 0.412 e. The number of benzene rings is 3. The third-order valence-corrected chi connectivity index (χ3v) is 6.90. The molecule has 4 aromatic rings. The Balaban J connectivity index is 1.40. The van der Waals surface area contributed by atoms with Crippen LogP contribution in [0, 0.1) is 0 Å². The molecule has 3 amide bonds. The predicted molar refractivity (Wildman–Crippen MR) is 170 cm³/mol. The van der Waals surface area contributed by atoms with Crippen LogP contribution in [0.5, 0.6) is 0 Å². The van der Waals surface area contributed by atoms with E-state index in [9.17, 15) is 9.59 Å². The molecule has 0 saturated carbocycles. The van der Waals surface area contributed by atoms with E-state index >= 15 is 0 Å². The maximum Gasteiger partial charge on any atom is 0.412 e. The number of aromatic nitrogens is 2. The molecule has 0 aliphatic carbocycles. The first-order chi connectivity index (χ1) is 20.6. The number of fused-ring (bicyclic) bond motifs is 1. The van der Waals surface area contributed by atoms with Gasteiger partial charge in [0.2, 0.25) is 0 Å². The van der Waals surface area contributed by atoms with E-state index in [4.69, 9.17) is 20.1 Å². The summed E-state index contributed by atoms with van der Waals surface area (Å²) in [6.07, 6.45) is 0.855. The molecule has 5 rings (SSSR count). The number of hydrogen-bond donors (Lipinski definition) is 4. The Morgan fingerprint density at radius 3 is 2.42 bits per heavy atom. The number of carbonyl (C=O) groups is 2. The zero-order valence-electron chi connectivity index (χ0n) is 24.8. The van der Waals surface area contributed by atoms with Gasteiger partial charge in [-0.1, -0.05) is 24.3 Å². The van der Waals surface area contributed by atoms with Crippen LogP contribution in [0.1, 0.15) is 26.3 Å². The van der Waals surface area contributed by atoms with Crippen LogP contribution in [0.3, 0.4) is 0 Å². The second-order valence-corrected chi connectivity index (χ2v) is 11.4. The molecule has 222 valence electrons. The molecule has 0 bridgehead atoms. The van der Waals surface area contributed by atoms with Gasteiger partial charge in [-0.2, -0.15) is 0 Å². The first-order valence-electron chi connectivity index (χ1n) is 14.2. The van der Waals surface area contributed by atoms with E-state index in [1.807, 2.05) is 65.6 Å². The molecule has 1 saturated heterocycles. The van der Waals surface area contributed by atoms with Crippen LogP contribution in [-0.4, -0.2) is 76.9 Å². The van der Waals surface area contributed by atoms with Gasteiger partial charge in [-0.25, -0.2) is 19.6 Å². The van der Waals surface area contributed by atoms with E-state index in [2.05, 4.69) is 27.9 Å². The molecule has 11 heteroatoms. The molecule has 11 nitrogen and oxygen atoms in total. The second-order valence-electron chi connectivity index (χ2n) is 11.4. The number of urea groups is 1. The van der Waals surface area contributed by atoms with Crippen molar-refractivity contribution >= 4 is 52.1 Å². The van der Waals surface area contributed by atoms with Gasteiger partial charge in [0, 0.05) is 48.5 Å². The monoisotopic (exact) mass is 581 g/mol. The van der Waals surface area contributed by atoms with Gasteiger partial charge < -0.3 is 25.2 Å². The van der Waals surface area contributed by atoms with E-state index < -0.39 is 11.7 Å². The van der Waals surface area contributed by atoms with Gasteiger partial charge in [-0.3, -0.25) is 10.7 Å². The van der Waals surface area contributed by atoms with Crippen LogP contribution in [0.15, 0.2) is 66.7 Å². The SMILES string of the molecule is CN1CCN(C(=O)Nc2cccc(-c3nc(Nc4ccc(NC(=O)OC(C)(C)C)c(C=[NH2+])c4)c4ccccc4n3)c2)CC1. The van der Waals surface area contributed by atoms with E-state index in [0.717, 1.165) is 35.2 Å². The van der Waals surface area contributed by atoms with Crippen molar-refractivity contribution in [3.8, 4) is 11.4 Å². The molecule has 0 unspecified atom stereocenters. The summed E-state index contributed by atoms with van der Waals surface area (Å²) >= 11 is 0. The molecule has 1 aliphatic rings. The first kappa shape index (κ1) is 29.5. The second kappa shape index (κ2) is 12.5. The molecule has 0 spiro atoms. The Kier molecular flexibility index (Phi) is 8.53. The Morgan fingerprint density at radius 2 is 1.67 bits per heavy atom. The lowest BCUT2D eigenvalue weighted by atomic mass is 10.1. The standard InChI is InChI=1S/C32H36N8O3/c1-32(2,3)43-31(42)37-26-13-12-24(19-22(26)20-33)34-29-25-10-5-6-11-27(25)36-28(38-29)21-8-7-9-23(18-21)35-30(41)40-16-14-39(4)15-17-40/h5-13,18-20,33H,14-17H2,1-4H3,(H,35,41)(H,37,42)(H,34,36,38)/p+1. The van der Waals surface area contributed by atoms with Crippen LogP contribution in [0.4, 0.5) is 32.5 Å². The van der Waals surface area contributed by atoms with Crippen LogP contribution >= 0.6 is 0 Å². The van der Waals surface area contributed by atoms with E-state index in [-0.39, 0.29) is 6.03 Å². The summed E-state index contributed by atoms with van der Waals surface area (Å²) in [4.78, 5) is 38.9. The molecule has 43 heavy (non-hydrogen) atoms. The zero-order chi connectivity index (χ0) is 30.6. The van der Waals surface area contributed by atoms with Gasteiger partial charge in [0.25, 0.3) is 0 Å². The van der Waals surface area contributed by atoms with Gasteiger partial charge in [0.05, 0.1) is 16.8 Å². The summed E-state index contributed by atoms with van der Waals surface area (Å²) in [6, 6.07) is 20.5. The van der Waals surface area contributed by atoms with Crippen LogP contribution in [0.25, 0.3) is 22.3 Å². The summed E-state index contributed by atoms with van der Waals surface area (Å²) in [5.41, 5.74) is 3.41. The number of nitrogens with two attached hydrogens (primary N) is 1. The third kappa shape index (κ3) is 7.44. The number of nitrogens with one attached hydrogen (secondary N) is 3. The lowest BCUT2D eigenvalue weighted by Gasteiger charge is -2.32. The third-order valence-electron chi connectivity index (χ3n) is 6.90. The fourth-order valence-electron chi connectivity index (χ4n) is 4.69. The molecule has 1 aliphatic heterocycles. The van der Waals surface area contributed by atoms with Gasteiger partial charge in [-0.05, 0) is 70.3 Å². The largest absolute Gasteiger partial charge is 0.444 e. The number of rotatable bonds is 6. The van der Waals surface area contributed by atoms with Crippen LogP contribution in [-0.2, 0) is 4.74 Å². The minimum Gasteiger partial charge on any atom is -0.444 e. The highest BCUT2D eigenvalue weighted by molar-refractivity contribution is 5.96. The quantitative estimate of drug-likeness (QED) is 0.249. The number of piperazine rings is 1. The molecule has 1 fully saturated rings. The summed E-state index contributed by atoms with van der Waals surface area (Å²) in [5.74, 6) is 1.11. The Labute approximate surface area is 250 Å². The first-order valence-corrected chi connectivity index (χ1v) is 14.2. The summed E-state index contributed by atoms with van der Waals surface area (Å²) in [7, 11) is 2.06. The van der Waals surface area contributed by atoms with Crippen molar-refractivity contribution in [3.05, 3.63) is 72.3 Å². The molecular formula is C32H37N8O3+. The average Bonchev–Trinajstić information content (AvgIpc) is 2.97. The van der Waals surface area contributed by atoms with Crippen molar-refractivity contribution < 1.29 is 19.7 Å². The topological polar surface area (TPSA) is 137 Å². The lowest BCUT2D eigenvalue weighted by molar-refractivity contribution is -0.104. The van der Waals surface area contributed by atoms with Crippen molar-refractivity contribution in [2.45, 2.75) is 26.4 Å². The molecule has 0 atom stereocenters. The minimum atomic E-state index is -0.625. The summed E-state index contributed by atoms with van der Waals surface area (Å²) in [5, 5.41) is 15.9. The maximum absolute atomic E-state index is 12.9. The fraction of sp³-hybridized carbons (Fsp3) is 0.281. The maximum atomic E-state index is 12.9. The number of ether oxygens (including phenoxy) is 1. The van der Waals surface area contributed by atoms with Gasteiger partial charge in [-0.15, -0.1) is 0 Å². The van der Waals surface area contributed by atoms with Crippen molar-refractivity contribution in [2.75, 3.05) is 49.2 Å². The molecule has 0 radical (unpaired) electrons. The highest BCUT2D eigenvalue weighted by Gasteiger charge is 2.20. The number of hydrogen-bond acceptors (Lipinski definition) is 7. The molecular weight excluding hydrogens is 544 g/mol. The molecule has 2 heterocycles. The highest BCUT2D eigenvalue weighted by Crippen LogP contribution is 2.30.